The molecule has 0 N–H and O–H groups in total. The summed E-state index contributed by atoms with van der Waals surface area (Å²) in [6.07, 6.45) is 3.36. The lowest BCUT2D eigenvalue weighted by atomic mass is 10.0. The zero-order chi connectivity index (χ0) is 18.6. The van der Waals surface area contributed by atoms with Crippen LogP contribution < -0.4 is 4.74 Å². The number of benzene rings is 2. The van der Waals surface area contributed by atoms with Gasteiger partial charge in [-0.2, -0.15) is 0 Å². The number of thioether (sulfide) groups is 1. The van der Waals surface area contributed by atoms with Gasteiger partial charge in [0.1, 0.15) is 5.75 Å². The predicted molar refractivity (Wildman–Crippen MR) is 103 cm³/mol. The van der Waals surface area contributed by atoms with E-state index in [0.717, 1.165) is 29.7 Å². The molecule has 1 aliphatic rings. The van der Waals surface area contributed by atoms with Crippen LogP contribution in [0.25, 0.3) is 0 Å². The van der Waals surface area contributed by atoms with E-state index in [1.807, 2.05) is 43.3 Å². The van der Waals surface area contributed by atoms with Gasteiger partial charge in [0, 0.05) is 5.56 Å². The van der Waals surface area contributed by atoms with Gasteiger partial charge in [0.15, 0.2) is 12.4 Å². The zero-order valence-electron chi connectivity index (χ0n) is 15.1. The summed E-state index contributed by atoms with van der Waals surface area (Å²) >= 11 is 1.26. The first-order valence-electron chi connectivity index (χ1n) is 8.97. The topological polar surface area (TPSA) is 65.2 Å². The highest BCUT2D eigenvalue weighted by atomic mass is 32.2. The highest BCUT2D eigenvalue weighted by Gasteiger charge is 2.15. The number of rotatable bonds is 7. The molecule has 5 nitrogen and oxygen atoms in total. The molecule has 0 atom stereocenters. The van der Waals surface area contributed by atoms with Crippen LogP contribution in [0.4, 0.5) is 0 Å². The van der Waals surface area contributed by atoms with E-state index in [1.165, 1.54) is 29.3 Å². The molecule has 4 rings (SSSR count). The van der Waals surface area contributed by atoms with Crippen LogP contribution in [0, 0.1) is 6.92 Å². The van der Waals surface area contributed by atoms with Gasteiger partial charge in [0.2, 0.25) is 0 Å². The van der Waals surface area contributed by atoms with Crippen molar-refractivity contribution < 1.29 is 13.9 Å². The van der Waals surface area contributed by atoms with E-state index in [2.05, 4.69) is 16.3 Å². The maximum absolute atomic E-state index is 12.4. The lowest BCUT2D eigenvalue weighted by Gasteiger charge is -2.04. The Bertz CT molecular complexity index is 968. The average Bonchev–Trinajstić information content (AvgIpc) is 3.33. The van der Waals surface area contributed by atoms with Crippen LogP contribution in [-0.2, 0) is 19.4 Å². The lowest BCUT2D eigenvalue weighted by Crippen LogP contribution is -2.03. The molecule has 1 heterocycles. The normalized spacial score (nSPS) is 12.8. The summed E-state index contributed by atoms with van der Waals surface area (Å²) in [5.41, 5.74) is 4.55. The third-order valence-electron chi connectivity index (χ3n) is 4.55. The van der Waals surface area contributed by atoms with Crippen molar-refractivity contribution >= 4 is 17.5 Å². The number of nitrogens with zero attached hydrogens (tertiary/aromatic N) is 2. The molecule has 0 aliphatic heterocycles. The van der Waals surface area contributed by atoms with Crippen molar-refractivity contribution in [3.63, 3.8) is 0 Å². The minimum absolute atomic E-state index is 0.0745. The maximum Gasteiger partial charge on any atom is 0.277 e. The van der Waals surface area contributed by atoms with Crippen LogP contribution in [0.1, 0.15) is 39.4 Å². The first kappa shape index (κ1) is 17.8. The summed E-state index contributed by atoms with van der Waals surface area (Å²) < 4.78 is 11.2. The fourth-order valence-corrected chi connectivity index (χ4v) is 3.84. The molecule has 27 heavy (non-hydrogen) atoms. The summed E-state index contributed by atoms with van der Waals surface area (Å²) in [6.45, 7) is 2.21. The van der Waals surface area contributed by atoms with Crippen molar-refractivity contribution in [3.8, 4) is 5.75 Å². The van der Waals surface area contributed by atoms with Gasteiger partial charge in [-0.3, -0.25) is 4.79 Å². The average molecular weight is 380 g/mol. The molecule has 6 heteroatoms. The molecule has 1 aliphatic carbocycles. The SMILES string of the molecule is Cc1cccc(OCc2nnc(SCC(=O)c3ccc4c(c3)CCC4)o2)c1. The van der Waals surface area contributed by atoms with Crippen molar-refractivity contribution in [1.29, 1.82) is 0 Å². The van der Waals surface area contributed by atoms with Gasteiger partial charge < -0.3 is 9.15 Å². The summed E-state index contributed by atoms with van der Waals surface area (Å²) in [6, 6.07) is 13.8. The Kier molecular flexibility index (Phi) is 5.25. The molecule has 1 aromatic heterocycles. The summed E-state index contributed by atoms with van der Waals surface area (Å²) in [5.74, 6) is 1.50. The Labute approximate surface area is 162 Å². The second kappa shape index (κ2) is 7.96. The maximum atomic E-state index is 12.4. The first-order valence-corrected chi connectivity index (χ1v) is 9.95. The zero-order valence-corrected chi connectivity index (χ0v) is 15.9. The molecular formula is C21H20N2O3S. The standard InChI is InChI=1S/C21H20N2O3S/c1-14-4-2-7-18(10-14)25-12-20-22-23-21(26-20)27-13-19(24)17-9-8-15-5-3-6-16(15)11-17/h2,4,7-11H,3,5-6,12-13H2,1H3. The Morgan fingerprint density at radius 2 is 2.04 bits per heavy atom. The van der Waals surface area contributed by atoms with Gasteiger partial charge >= 0.3 is 0 Å². The van der Waals surface area contributed by atoms with Gasteiger partial charge in [0.05, 0.1) is 5.75 Å². The van der Waals surface area contributed by atoms with E-state index in [9.17, 15) is 4.79 Å². The Morgan fingerprint density at radius 1 is 1.15 bits per heavy atom. The number of Topliss-reactive ketones (excluding diaryl/α,β-unsaturated/α-hetero) is 1. The molecule has 0 saturated heterocycles. The molecule has 0 saturated carbocycles. The largest absolute Gasteiger partial charge is 0.484 e. The van der Waals surface area contributed by atoms with E-state index >= 15 is 0 Å². The Morgan fingerprint density at radius 3 is 2.93 bits per heavy atom. The molecule has 0 amide bonds. The third kappa shape index (κ3) is 4.39. The third-order valence-corrected chi connectivity index (χ3v) is 5.37. The van der Waals surface area contributed by atoms with Gasteiger partial charge in [-0.05, 0) is 61.1 Å². The number of carbonyl (C=O) groups excluding carboxylic acids is 1. The van der Waals surface area contributed by atoms with E-state index in [1.54, 1.807) is 0 Å². The van der Waals surface area contributed by atoms with Gasteiger partial charge in [-0.15, -0.1) is 10.2 Å². The first-order chi connectivity index (χ1) is 13.2. The minimum atomic E-state index is 0.0745. The Hall–Kier alpha value is -2.60. The molecule has 3 aromatic rings. The van der Waals surface area contributed by atoms with Gasteiger partial charge in [0.25, 0.3) is 11.1 Å². The van der Waals surface area contributed by atoms with E-state index < -0.39 is 0 Å². The van der Waals surface area contributed by atoms with Crippen molar-refractivity contribution in [2.24, 2.45) is 0 Å². The molecule has 0 unspecified atom stereocenters. The number of fused-ring (bicyclic) bond motifs is 1. The number of carbonyl (C=O) groups is 1. The fraction of sp³-hybridized carbons (Fsp3) is 0.286. The second-order valence-electron chi connectivity index (χ2n) is 6.62. The summed E-state index contributed by atoms with van der Waals surface area (Å²) in [5, 5.41) is 8.34. The number of ether oxygens (including phenoxy) is 1. The molecular weight excluding hydrogens is 360 g/mol. The molecule has 0 radical (unpaired) electrons. The van der Waals surface area contributed by atoms with Crippen LogP contribution >= 0.6 is 11.8 Å². The highest BCUT2D eigenvalue weighted by molar-refractivity contribution is 7.99. The van der Waals surface area contributed by atoms with E-state index in [-0.39, 0.29) is 18.1 Å². The Balaban J connectivity index is 1.31. The van der Waals surface area contributed by atoms with Crippen molar-refractivity contribution in [2.45, 2.75) is 38.0 Å². The van der Waals surface area contributed by atoms with E-state index in [4.69, 9.17) is 9.15 Å². The van der Waals surface area contributed by atoms with Crippen LogP contribution in [-0.4, -0.2) is 21.7 Å². The van der Waals surface area contributed by atoms with Crippen molar-refractivity contribution in [3.05, 3.63) is 70.6 Å². The monoisotopic (exact) mass is 380 g/mol. The highest BCUT2D eigenvalue weighted by Crippen LogP contribution is 2.24. The van der Waals surface area contributed by atoms with Crippen LogP contribution in [0.5, 0.6) is 5.75 Å². The number of hydrogen-bond acceptors (Lipinski definition) is 6. The summed E-state index contributed by atoms with van der Waals surface area (Å²) in [7, 11) is 0. The van der Waals surface area contributed by atoms with Gasteiger partial charge in [-0.25, -0.2) is 0 Å². The molecule has 0 spiro atoms. The molecule has 0 fully saturated rings. The number of aryl methyl sites for hydroxylation is 3. The van der Waals surface area contributed by atoms with Crippen molar-refractivity contribution in [1.82, 2.24) is 10.2 Å². The molecule has 138 valence electrons. The number of aromatic nitrogens is 2. The molecule has 0 bridgehead atoms. The van der Waals surface area contributed by atoms with Crippen molar-refractivity contribution in [2.75, 3.05) is 5.75 Å². The number of ketones is 1. The predicted octanol–water partition coefficient (Wildman–Crippen LogP) is 4.42. The summed E-state index contributed by atoms with van der Waals surface area (Å²) in [4.78, 5) is 12.4. The van der Waals surface area contributed by atoms with E-state index in [0.29, 0.717) is 11.1 Å². The lowest BCUT2D eigenvalue weighted by molar-refractivity contribution is 0.102. The van der Waals surface area contributed by atoms with Crippen LogP contribution in [0.2, 0.25) is 0 Å². The van der Waals surface area contributed by atoms with Crippen LogP contribution in [0.15, 0.2) is 52.1 Å². The molecule has 2 aromatic carbocycles. The minimum Gasteiger partial charge on any atom is -0.484 e. The fourth-order valence-electron chi connectivity index (χ4n) is 3.16. The van der Waals surface area contributed by atoms with Gasteiger partial charge in [-0.1, -0.05) is 36.0 Å². The number of hydrogen-bond donors (Lipinski definition) is 0. The second-order valence-corrected chi connectivity index (χ2v) is 7.54. The van der Waals surface area contributed by atoms with Crippen LogP contribution in [0.3, 0.4) is 0 Å². The quantitative estimate of drug-likeness (QED) is 0.446. The smallest absolute Gasteiger partial charge is 0.277 e.